The minimum Gasteiger partial charge on any atom is -0.497 e. The average molecular weight is 434 g/mol. The zero-order valence-electron chi connectivity index (χ0n) is 15.5. The van der Waals surface area contributed by atoms with Crippen molar-refractivity contribution in [2.75, 3.05) is 16.6 Å². The molecule has 29 heavy (non-hydrogen) atoms. The highest BCUT2D eigenvalue weighted by Crippen LogP contribution is 2.21. The highest BCUT2D eigenvalue weighted by Gasteiger charge is 2.17. The van der Waals surface area contributed by atoms with E-state index < -0.39 is 20.0 Å². The minimum atomic E-state index is -3.88. The van der Waals surface area contributed by atoms with Crippen molar-refractivity contribution in [3.8, 4) is 5.75 Å². The number of benzene rings is 2. The summed E-state index contributed by atoms with van der Waals surface area (Å²) in [7, 11) is -6.23. The van der Waals surface area contributed by atoms with Crippen LogP contribution >= 0.6 is 0 Å². The maximum Gasteiger partial charge on any atom is 0.263 e. The van der Waals surface area contributed by atoms with Gasteiger partial charge in [-0.05, 0) is 61.5 Å². The highest BCUT2D eigenvalue weighted by molar-refractivity contribution is 7.93. The first kappa shape index (κ1) is 20.6. The molecule has 3 rings (SSSR count). The van der Waals surface area contributed by atoms with Gasteiger partial charge in [-0.1, -0.05) is 0 Å². The fourth-order valence-corrected chi connectivity index (χ4v) is 4.44. The van der Waals surface area contributed by atoms with Crippen LogP contribution < -0.4 is 14.2 Å². The maximum absolute atomic E-state index is 12.5. The number of sulfonamides is 2. The summed E-state index contributed by atoms with van der Waals surface area (Å²) in [5, 5.41) is 0. The van der Waals surface area contributed by atoms with Crippen LogP contribution in [-0.2, 0) is 20.0 Å². The van der Waals surface area contributed by atoms with Gasteiger partial charge in [-0.3, -0.25) is 9.44 Å². The van der Waals surface area contributed by atoms with Crippen molar-refractivity contribution in [3.63, 3.8) is 0 Å². The molecule has 2 aromatic carbocycles. The molecular weight excluding hydrogens is 416 g/mol. The van der Waals surface area contributed by atoms with Crippen molar-refractivity contribution >= 4 is 31.6 Å². The molecule has 0 aliphatic heterocycles. The lowest BCUT2D eigenvalue weighted by Crippen LogP contribution is -2.15. The number of aryl methyl sites for hydroxylation is 1. The van der Waals surface area contributed by atoms with Crippen LogP contribution in [0.4, 0.5) is 11.5 Å². The molecule has 0 fully saturated rings. The first-order chi connectivity index (χ1) is 13.7. The predicted molar refractivity (Wildman–Crippen MR) is 108 cm³/mol. The summed E-state index contributed by atoms with van der Waals surface area (Å²) in [5.41, 5.74) is 0.220. The second-order valence-electron chi connectivity index (χ2n) is 5.90. The normalized spacial score (nSPS) is 11.7. The van der Waals surface area contributed by atoms with Crippen molar-refractivity contribution in [2.45, 2.75) is 16.7 Å². The van der Waals surface area contributed by atoms with Crippen LogP contribution in [0.5, 0.6) is 5.75 Å². The third kappa shape index (κ3) is 5.00. The molecule has 0 spiro atoms. The van der Waals surface area contributed by atoms with Crippen molar-refractivity contribution in [3.05, 3.63) is 66.6 Å². The number of hydrogen-bond donors (Lipinski definition) is 2. The minimum absolute atomic E-state index is 0.0406. The molecule has 0 aliphatic carbocycles. The molecule has 0 bridgehead atoms. The summed E-state index contributed by atoms with van der Waals surface area (Å²) in [6.45, 7) is 1.64. The van der Waals surface area contributed by atoms with Gasteiger partial charge in [-0.2, -0.15) is 0 Å². The Hall–Kier alpha value is -3.18. The molecule has 0 amide bonds. The predicted octanol–water partition coefficient (Wildman–Crippen LogP) is 2.40. The Morgan fingerprint density at radius 3 is 1.90 bits per heavy atom. The fraction of sp³-hybridized carbons (Fsp3) is 0.111. The first-order valence-electron chi connectivity index (χ1n) is 8.29. The van der Waals surface area contributed by atoms with Crippen molar-refractivity contribution < 1.29 is 21.6 Å². The number of hydrogen-bond acceptors (Lipinski definition) is 7. The largest absolute Gasteiger partial charge is 0.497 e. The van der Waals surface area contributed by atoms with Gasteiger partial charge in [0.2, 0.25) is 0 Å². The molecule has 2 N–H and O–H groups in total. The summed E-state index contributed by atoms with van der Waals surface area (Å²) >= 11 is 0. The topological polar surface area (TPSA) is 127 Å². The standard InChI is InChI=1S/C18H18N4O5S2/c1-13-19-12-11-18(20-13)22-29(25,26)16-7-3-14(4-8-16)21-28(23,24)17-9-5-15(27-2)6-10-17/h3-12,21H,1-2H3,(H,19,20,22). The van der Waals surface area contributed by atoms with Crippen LogP contribution in [0.3, 0.4) is 0 Å². The molecule has 0 unspecified atom stereocenters. The van der Waals surface area contributed by atoms with E-state index in [1.54, 1.807) is 6.92 Å². The molecular formula is C18H18N4O5S2. The molecule has 152 valence electrons. The van der Waals surface area contributed by atoms with Crippen LogP contribution in [-0.4, -0.2) is 33.9 Å². The number of nitrogens with one attached hydrogen (secondary N) is 2. The molecule has 0 saturated heterocycles. The summed E-state index contributed by atoms with van der Waals surface area (Å²) in [5.74, 6) is 1.10. The van der Waals surface area contributed by atoms with Gasteiger partial charge >= 0.3 is 0 Å². The van der Waals surface area contributed by atoms with Crippen LogP contribution in [0, 0.1) is 6.92 Å². The van der Waals surface area contributed by atoms with E-state index in [0.29, 0.717) is 11.6 Å². The molecule has 0 aliphatic rings. The van der Waals surface area contributed by atoms with E-state index in [0.717, 1.165) is 0 Å². The lowest BCUT2D eigenvalue weighted by molar-refractivity contribution is 0.414. The molecule has 0 atom stereocenters. The Morgan fingerprint density at radius 1 is 0.793 bits per heavy atom. The number of rotatable bonds is 7. The lowest BCUT2D eigenvalue weighted by atomic mass is 10.3. The highest BCUT2D eigenvalue weighted by atomic mass is 32.2. The number of anilines is 2. The van der Waals surface area contributed by atoms with Gasteiger partial charge in [0.25, 0.3) is 20.0 Å². The first-order valence-corrected chi connectivity index (χ1v) is 11.3. The van der Waals surface area contributed by atoms with Gasteiger partial charge < -0.3 is 4.74 Å². The summed E-state index contributed by atoms with van der Waals surface area (Å²) in [6.07, 6.45) is 1.44. The third-order valence-electron chi connectivity index (χ3n) is 3.80. The van der Waals surface area contributed by atoms with E-state index in [9.17, 15) is 16.8 Å². The quantitative estimate of drug-likeness (QED) is 0.584. The van der Waals surface area contributed by atoms with Crippen LogP contribution in [0.25, 0.3) is 0 Å². The fourth-order valence-electron chi connectivity index (χ4n) is 2.38. The van der Waals surface area contributed by atoms with E-state index in [2.05, 4.69) is 19.4 Å². The monoisotopic (exact) mass is 434 g/mol. The summed E-state index contributed by atoms with van der Waals surface area (Å²) in [6, 6.07) is 12.6. The smallest absolute Gasteiger partial charge is 0.263 e. The van der Waals surface area contributed by atoms with Crippen LogP contribution in [0.1, 0.15) is 5.82 Å². The Labute approximate surface area is 168 Å². The Kier molecular flexibility index (Phi) is 5.71. The summed E-state index contributed by atoms with van der Waals surface area (Å²) < 4.78 is 59.6. The number of nitrogens with zero attached hydrogens (tertiary/aromatic N) is 2. The third-order valence-corrected chi connectivity index (χ3v) is 6.57. The Balaban J connectivity index is 1.77. The van der Waals surface area contributed by atoms with Crippen molar-refractivity contribution in [2.24, 2.45) is 0 Å². The molecule has 1 heterocycles. The molecule has 0 saturated carbocycles. The van der Waals surface area contributed by atoms with Gasteiger partial charge in [0, 0.05) is 11.9 Å². The van der Waals surface area contributed by atoms with Gasteiger partial charge in [0.05, 0.1) is 16.9 Å². The molecule has 1 aromatic heterocycles. The Bertz CT molecular complexity index is 1210. The van der Waals surface area contributed by atoms with Gasteiger partial charge in [0.15, 0.2) is 0 Å². The SMILES string of the molecule is COc1ccc(S(=O)(=O)Nc2ccc(S(=O)(=O)Nc3ccnc(C)n3)cc2)cc1. The van der Waals surface area contributed by atoms with Crippen molar-refractivity contribution in [1.29, 1.82) is 0 Å². The second kappa shape index (κ2) is 8.05. The molecule has 9 nitrogen and oxygen atoms in total. The van der Waals surface area contributed by atoms with E-state index in [1.807, 2.05) is 0 Å². The van der Waals surface area contributed by atoms with E-state index >= 15 is 0 Å². The zero-order chi connectivity index (χ0) is 21.1. The zero-order valence-corrected chi connectivity index (χ0v) is 17.2. The maximum atomic E-state index is 12.5. The van der Waals surface area contributed by atoms with Crippen molar-refractivity contribution in [1.82, 2.24) is 9.97 Å². The molecule has 3 aromatic rings. The molecule has 11 heteroatoms. The van der Waals surface area contributed by atoms with E-state index in [1.165, 1.54) is 67.9 Å². The number of aromatic nitrogens is 2. The van der Waals surface area contributed by atoms with Crippen LogP contribution in [0.15, 0.2) is 70.6 Å². The van der Waals surface area contributed by atoms with Gasteiger partial charge in [-0.25, -0.2) is 26.8 Å². The van der Waals surface area contributed by atoms with E-state index in [-0.39, 0.29) is 21.3 Å². The number of ether oxygens (including phenoxy) is 1. The Morgan fingerprint density at radius 2 is 1.34 bits per heavy atom. The molecule has 0 radical (unpaired) electrons. The van der Waals surface area contributed by atoms with Gasteiger partial charge in [-0.15, -0.1) is 0 Å². The second-order valence-corrected chi connectivity index (χ2v) is 9.26. The average Bonchev–Trinajstić information content (AvgIpc) is 2.68. The van der Waals surface area contributed by atoms with Crippen LogP contribution in [0.2, 0.25) is 0 Å². The lowest BCUT2D eigenvalue weighted by Gasteiger charge is -2.10. The number of methoxy groups -OCH3 is 1. The summed E-state index contributed by atoms with van der Waals surface area (Å²) in [4.78, 5) is 7.91. The van der Waals surface area contributed by atoms with Gasteiger partial charge in [0.1, 0.15) is 17.4 Å². The van der Waals surface area contributed by atoms with E-state index in [4.69, 9.17) is 4.74 Å².